The minimum absolute atomic E-state index is 0.0795. The average molecular weight is 359 g/mol. The van der Waals surface area contributed by atoms with Gasteiger partial charge in [-0.05, 0) is 56.7 Å². The lowest BCUT2D eigenvalue weighted by Gasteiger charge is -2.37. The molecule has 2 rings (SSSR count). The molecule has 0 unspecified atom stereocenters. The molecule has 1 aromatic carbocycles. The van der Waals surface area contributed by atoms with E-state index in [1.165, 1.54) is 19.2 Å². The molecular formula is C18H24F3NO3. The Morgan fingerprint density at radius 2 is 1.96 bits per heavy atom. The fraction of sp³-hybridized carbons (Fsp3) is 0.611. The maximum Gasteiger partial charge on any atom is 0.420 e. The summed E-state index contributed by atoms with van der Waals surface area (Å²) in [6.07, 6.45) is -1.73. The molecule has 0 aromatic heterocycles. The summed E-state index contributed by atoms with van der Waals surface area (Å²) in [6, 6.07) is 3.49. The Morgan fingerprint density at radius 3 is 2.48 bits per heavy atom. The molecule has 1 fully saturated rings. The van der Waals surface area contributed by atoms with Crippen molar-refractivity contribution in [1.29, 1.82) is 0 Å². The summed E-state index contributed by atoms with van der Waals surface area (Å²) >= 11 is 0. The molecule has 0 aliphatic heterocycles. The van der Waals surface area contributed by atoms with Crippen LogP contribution in [0.5, 0.6) is 5.75 Å². The molecule has 1 saturated carbocycles. The SMILES string of the molecule is CCOC1(C(=O)Nc2ccc(OC)c(C(F)(F)F)c2)CCC(C)CC1. The highest BCUT2D eigenvalue weighted by atomic mass is 19.4. The largest absolute Gasteiger partial charge is 0.496 e. The number of hydrogen-bond donors (Lipinski definition) is 1. The molecule has 0 saturated heterocycles. The number of anilines is 1. The first-order chi connectivity index (χ1) is 11.7. The van der Waals surface area contributed by atoms with Gasteiger partial charge in [-0.25, -0.2) is 0 Å². The zero-order chi connectivity index (χ0) is 18.7. The number of alkyl halides is 3. The number of halogens is 3. The second kappa shape index (κ2) is 7.64. The van der Waals surface area contributed by atoms with Gasteiger partial charge >= 0.3 is 6.18 Å². The number of nitrogens with one attached hydrogen (secondary N) is 1. The zero-order valence-corrected chi connectivity index (χ0v) is 14.7. The number of rotatable bonds is 5. The van der Waals surface area contributed by atoms with E-state index in [4.69, 9.17) is 9.47 Å². The van der Waals surface area contributed by atoms with Gasteiger partial charge in [0.05, 0.1) is 12.7 Å². The number of ether oxygens (including phenoxy) is 2. The lowest BCUT2D eigenvalue weighted by atomic mass is 9.78. The Hall–Kier alpha value is -1.76. The van der Waals surface area contributed by atoms with E-state index in [-0.39, 0.29) is 17.3 Å². The first kappa shape index (κ1) is 19.6. The van der Waals surface area contributed by atoms with Crippen molar-refractivity contribution >= 4 is 11.6 Å². The summed E-state index contributed by atoms with van der Waals surface area (Å²) in [5, 5.41) is 2.60. The standard InChI is InChI=1S/C18H24F3NO3/c1-4-25-17(9-7-12(2)8-10-17)16(23)22-13-5-6-15(24-3)14(11-13)18(19,20)21/h5-6,11-12H,4,7-10H2,1-3H3,(H,22,23). The molecule has 1 N–H and O–H groups in total. The Bertz CT molecular complexity index is 608. The van der Waals surface area contributed by atoms with E-state index in [2.05, 4.69) is 12.2 Å². The van der Waals surface area contributed by atoms with Gasteiger partial charge in [0.1, 0.15) is 11.4 Å². The molecular weight excluding hydrogens is 335 g/mol. The molecule has 7 heteroatoms. The van der Waals surface area contributed by atoms with E-state index in [1.807, 2.05) is 6.92 Å². The normalized spacial score (nSPS) is 24.0. The van der Waals surface area contributed by atoms with Crippen molar-refractivity contribution < 1.29 is 27.4 Å². The molecule has 0 atom stereocenters. The number of carbonyl (C=O) groups is 1. The zero-order valence-electron chi connectivity index (χ0n) is 14.7. The topological polar surface area (TPSA) is 47.6 Å². The Labute approximate surface area is 145 Å². The minimum Gasteiger partial charge on any atom is -0.496 e. The summed E-state index contributed by atoms with van der Waals surface area (Å²) in [6.45, 7) is 4.30. The van der Waals surface area contributed by atoms with Crippen LogP contribution in [0.1, 0.15) is 45.1 Å². The van der Waals surface area contributed by atoms with Crippen molar-refractivity contribution in [1.82, 2.24) is 0 Å². The van der Waals surface area contributed by atoms with Crippen LogP contribution in [-0.2, 0) is 15.7 Å². The van der Waals surface area contributed by atoms with Crippen LogP contribution in [0.2, 0.25) is 0 Å². The average Bonchev–Trinajstić information content (AvgIpc) is 2.56. The van der Waals surface area contributed by atoms with Gasteiger partial charge in [0.25, 0.3) is 5.91 Å². The molecule has 1 amide bonds. The highest BCUT2D eigenvalue weighted by molar-refractivity contribution is 5.97. The van der Waals surface area contributed by atoms with Crippen LogP contribution >= 0.6 is 0 Å². The maximum atomic E-state index is 13.1. The fourth-order valence-electron chi connectivity index (χ4n) is 3.19. The van der Waals surface area contributed by atoms with Gasteiger partial charge in [-0.15, -0.1) is 0 Å². The van der Waals surface area contributed by atoms with E-state index < -0.39 is 17.3 Å². The van der Waals surface area contributed by atoms with Gasteiger partial charge in [0.2, 0.25) is 0 Å². The van der Waals surface area contributed by atoms with E-state index in [0.29, 0.717) is 25.4 Å². The second-order valence-electron chi connectivity index (χ2n) is 6.48. The van der Waals surface area contributed by atoms with E-state index in [0.717, 1.165) is 18.9 Å². The molecule has 0 spiro atoms. The summed E-state index contributed by atoms with van der Waals surface area (Å²) in [5.74, 6) is -0.157. The molecule has 1 aromatic rings. The monoisotopic (exact) mass is 359 g/mol. The predicted octanol–water partition coefficient (Wildman–Crippen LogP) is 4.64. The van der Waals surface area contributed by atoms with Crippen molar-refractivity contribution in [3.8, 4) is 5.75 Å². The number of amides is 1. The van der Waals surface area contributed by atoms with Gasteiger partial charge in [-0.3, -0.25) is 4.79 Å². The highest BCUT2D eigenvalue weighted by Gasteiger charge is 2.42. The molecule has 25 heavy (non-hydrogen) atoms. The van der Waals surface area contributed by atoms with Crippen LogP contribution in [0.25, 0.3) is 0 Å². The maximum absolute atomic E-state index is 13.1. The predicted molar refractivity (Wildman–Crippen MR) is 88.6 cm³/mol. The summed E-state index contributed by atoms with van der Waals surface area (Å²) in [5.41, 5.74) is -1.81. The van der Waals surface area contributed by atoms with E-state index in [9.17, 15) is 18.0 Å². The van der Waals surface area contributed by atoms with Gasteiger partial charge in [0.15, 0.2) is 0 Å². The Balaban J connectivity index is 2.24. The lowest BCUT2D eigenvalue weighted by Crippen LogP contribution is -2.48. The van der Waals surface area contributed by atoms with Crippen LogP contribution in [0.4, 0.5) is 18.9 Å². The quantitative estimate of drug-likeness (QED) is 0.833. The van der Waals surface area contributed by atoms with Crippen LogP contribution in [0.15, 0.2) is 18.2 Å². The van der Waals surface area contributed by atoms with Crippen molar-refractivity contribution in [3.05, 3.63) is 23.8 Å². The first-order valence-electron chi connectivity index (χ1n) is 8.42. The molecule has 0 heterocycles. The van der Waals surface area contributed by atoms with Crippen molar-refractivity contribution in [2.24, 2.45) is 5.92 Å². The molecule has 140 valence electrons. The first-order valence-corrected chi connectivity index (χ1v) is 8.42. The third-order valence-electron chi connectivity index (χ3n) is 4.68. The van der Waals surface area contributed by atoms with Gasteiger partial charge in [-0.2, -0.15) is 13.2 Å². The lowest BCUT2D eigenvalue weighted by molar-refractivity contribution is -0.147. The van der Waals surface area contributed by atoms with Crippen molar-refractivity contribution in [2.45, 2.75) is 51.3 Å². The molecule has 1 aliphatic rings. The number of carbonyl (C=O) groups excluding carboxylic acids is 1. The number of methoxy groups -OCH3 is 1. The van der Waals surface area contributed by atoms with E-state index >= 15 is 0 Å². The minimum atomic E-state index is -4.57. The van der Waals surface area contributed by atoms with Gasteiger partial charge in [-0.1, -0.05) is 6.92 Å². The van der Waals surface area contributed by atoms with Crippen molar-refractivity contribution in [3.63, 3.8) is 0 Å². The summed E-state index contributed by atoms with van der Waals surface area (Å²) in [4.78, 5) is 12.8. The number of hydrogen-bond acceptors (Lipinski definition) is 3. The van der Waals surface area contributed by atoms with Gasteiger partial charge < -0.3 is 14.8 Å². The molecule has 0 radical (unpaired) electrons. The van der Waals surface area contributed by atoms with E-state index in [1.54, 1.807) is 0 Å². The third kappa shape index (κ3) is 4.45. The molecule has 4 nitrogen and oxygen atoms in total. The van der Waals surface area contributed by atoms with Crippen LogP contribution < -0.4 is 10.1 Å². The second-order valence-corrected chi connectivity index (χ2v) is 6.48. The summed E-state index contributed by atoms with van der Waals surface area (Å²) < 4.78 is 49.9. The molecule has 1 aliphatic carbocycles. The van der Waals surface area contributed by atoms with Crippen LogP contribution in [-0.4, -0.2) is 25.2 Å². The van der Waals surface area contributed by atoms with Gasteiger partial charge in [0, 0.05) is 12.3 Å². The van der Waals surface area contributed by atoms with Crippen LogP contribution in [0.3, 0.4) is 0 Å². The third-order valence-corrected chi connectivity index (χ3v) is 4.68. The highest BCUT2D eigenvalue weighted by Crippen LogP contribution is 2.39. The smallest absolute Gasteiger partial charge is 0.420 e. The summed E-state index contributed by atoms with van der Waals surface area (Å²) in [7, 11) is 1.18. The molecule has 0 bridgehead atoms. The Morgan fingerprint density at radius 1 is 1.32 bits per heavy atom. The Kier molecular flexibility index (Phi) is 5.98. The van der Waals surface area contributed by atoms with Crippen molar-refractivity contribution in [2.75, 3.05) is 19.0 Å². The fourth-order valence-corrected chi connectivity index (χ4v) is 3.19. The van der Waals surface area contributed by atoms with Crippen LogP contribution in [0, 0.1) is 5.92 Å². The number of benzene rings is 1.